The molecule has 0 radical (unpaired) electrons. The highest BCUT2D eigenvalue weighted by molar-refractivity contribution is 6.40. The molecular weight excluding hydrogens is 400 g/mol. The number of carboxylic acid groups (broad SMARTS) is 1. The Labute approximate surface area is 174 Å². The van der Waals surface area contributed by atoms with Crippen LogP contribution < -0.4 is 11.1 Å². The third kappa shape index (κ3) is 6.97. The molecule has 0 bridgehead atoms. The first-order chi connectivity index (χ1) is 14.0. The lowest BCUT2D eigenvalue weighted by Gasteiger charge is -2.45. The summed E-state index contributed by atoms with van der Waals surface area (Å²) in [5.41, 5.74) is 5.05. The summed E-state index contributed by atoms with van der Waals surface area (Å²) < 4.78 is 37.7. The Morgan fingerprint density at radius 3 is 2.30 bits per heavy atom. The molecule has 0 saturated heterocycles. The number of rotatable bonds is 12. The van der Waals surface area contributed by atoms with E-state index in [2.05, 4.69) is 5.32 Å². The minimum atomic E-state index is -4.32. The van der Waals surface area contributed by atoms with Gasteiger partial charge in [-0.3, -0.25) is 4.79 Å². The van der Waals surface area contributed by atoms with Gasteiger partial charge in [-0.15, -0.1) is 0 Å². The molecule has 168 valence electrons. The highest BCUT2D eigenvalue weighted by Crippen LogP contribution is 2.38. The van der Waals surface area contributed by atoms with Crippen LogP contribution in [-0.4, -0.2) is 46.4 Å². The Balaban J connectivity index is 1.67. The van der Waals surface area contributed by atoms with E-state index in [0.29, 0.717) is 45.1 Å². The number of halogens is 3. The Kier molecular flexibility index (Phi) is 8.72. The van der Waals surface area contributed by atoms with Gasteiger partial charge >= 0.3 is 19.3 Å². The van der Waals surface area contributed by atoms with Gasteiger partial charge in [-0.25, -0.2) is 0 Å². The lowest BCUT2D eigenvalue weighted by atomic mass is 9.66. The average Bonchev–Trinajstić information content (AvgIpc) is 2.62. The Hall–Kier alpha value is -1.62. The molecule has 0 aliphatic heterocycles. The van der Waals surface area contributed by atoms with Crippen LogP contribution in [-0.2, 0) is 17.4 Å². The second-order valence-corrected chi connectivity index (χ2v) is 8.19. The van der Waals surface area contributed by atoms with Crippen molar-refractivity contribution >= 4 is 13.1 Å². The molecule has 0 spiro atoms. The van der Waals surface area contributed by atoms with Gasteiger partial charge in [-0.2, -0.15) is 13.2 Å². The lowest BCUT2D eigenvalue weighted by molar-refractivity contribution is -0.148. The molecule has 0 heterocycles. The van der Waals surface area contributed by atoms with Crippen LogP contribution in [0.15, 0.2) is 24.3 Å². The Morgan fingerprint density at radius 2 is 1.77 bits per heavy atom. The lowest BCUT2D eigenvalue weighted by Crippen LogP contribution is -2.61. The van der Waals surface area contributed by atoms with Crippen molar-refractivity contribution in [1.29, 1.82) is 0 Å². The van der Waals surface area contributed by atoms with Crippen LogP contribution in [0, 0.1) is 5.92 Å². The third-order valence-corrected chi connectivity index (χ3v) is 5.92. The third-order valence-electron chi connectivity index (χ3n) is 5.92. The molecule has 0 aromatic heterocycles. The van der Waals surface area contributed by atoms with E-state index in [1.165, 1.54) is 12.1 Å². The van der Waals surface area contributed by atoms with Crippen LogP contribution in [0.25, 0.3) is 0 Å². The highest BCUT2D eigenvalue weighted by Gasteiger charge is 2.47. The number of alkyl halides is 3. The van der Waals surface area contributed by atoms with Gasteiger partial charge in [-0.1, -0.05) is 25.0 Å². The minimum Gasteiger partial charge on any atom is -0.480 e. The summed E-state index contributed by atoms with van der Waals surface area (Å²) in [4.78, 5) is 11.7. The molecule has 1 fully saturated rings. The molecule has 1 saturated carbocycles. The topological polar surface area (TPSA) is 116 Å². The van der Waals surface area contributed by atoms with Gasteiger partial charge in [-0.05, 0) is 68.6 Å². The van der Waals surface area contributed by atoms with Gasteiger partial charge in [0.05, 0.1) is 5.56 Å². The Bertz CT molecular complexity index is 682. The summed E-state index contributed by atoms with van der Waals surface area (Å²) in [5, 5.41) is 30.6. The number of hydrogen-bond donors (Lipinski definition) is 5. The van der Waals surface area contributed by atoms with Crippen molar-refractivity contribution in [1.82, 2.24) is 5.32 Å². The second kappa shape index (κ2) is 10.6. The van der Waals surface area contributed by atoms with Gasteiger partial charge in [0.1, 0.15) is 5.54 Å². The van der Waals surface area contributed by atoms with E-state index in [9.17, 15) is 23.1 Å². The van der Waals surface area contributed by atoms with Crippen LogP contribution in [0.3, 0.4) is 0 Å². The van der Waals surface area contributed by atoms with E-state index >= 15 is 0 Å². The molecule has 1 aromatic rings. The summed E-state index contributed by atoms with van der Waals surface area (Å²) in [6.07, 6.45) is -0.0720. The number of aryl methyl sites for hydroxylation is 1. The van der Waals surface area contributed by atoms with Gasteiger partial charge in [0.2, 0.25) is 0 Å². The molecule has 2 rings (SSSR count). The molecular formula is C20H30BF3N2O4. The number of hydrogen-bond acceptors (Lipinski definition) is 5. The zero-order chi connectivity index (χ0) is 22.4. The standard InChI is InChI=1S/C20H30BF3N2O4/c22-20(23,24)15-7-5-14(6-8-15)4-3-11-26-17-12-16(13-17)19(25,18(27)28)9-1-2-10-21(29)30/h5-8,16-17,26,29-30H,1-4,9-13,25H2,(H,27,28)/t16?,17?,19-/m0/s1. The molecule has 30 heavy (non-hydrogen) atoms. The second-order valence-electron chi connectivity index (χ2n) is 8.19. The van der Waals surface area contributed by atoms with E-state index in [0.717, 1.165) is 24.1 Å². The molecule has 1 aromatic carbocycles. The maximum Gasteiger partial charge on any atom is 0.451 e. The fourth-order valence-corrected chi connectivity index (χ4v) is 3.89. The first kappa shape index (κ1) is 24.7. The molecule has 1 aliphatic rings. The zero-order valence-electron chi connectivity index (χ0n) is 16.9. The molecule has 1 aliphatic carbocycles. The van der Waals surface area contributed by atoms with Crippen LogP contribution in [0.2, 0.25) is 6.32 Å². The maximum atomic E-state index is 12.6. The normalized spacial score (nSPS) is 21.0. The van der Waals surface area contributed by atoms with Crippen molar-refractivity contribution in [3.05, 3.63) is 35.4 Å². The average molecular weight is 430 g/mol. The number of aliphatic carboxylic acids is 1. The summed E-state index contributed by atoms with van der Waals surface area (Å²) in [6, 6.07) is 5.35. The van der Waals surface area contributed by atoms with E-state index < -0.39 is 30.4 Å². The van der Waals surface area contributed by atoms with Crippen LogP contribution in [0.1, 0.15) is 49.7 Å². The minimum absolute atomic E-state index is 0.138. The molecule has 6 N–H and O–H groups in total. The smallest absolute Gasteiger partial charge is 0.451 e. The predicted octanol–water partition coefficient (Wildman–Crippen LogP) is 2.43. The predicted molar refractivity (Wildman–Crippen MR) is 108 cm³/mol. The molecule has 10 heteroatoms. The fourth-order valence-electron chi connectivity index (χ4n) is 3.89. The van der Waals surface area contributed by atoms with Gasteiger partial charge < -0.3 is 26.2 Å². The van der Waals surface area contributed by atoms with E-state index in [1.54, 1.807) is 0 Å². The number of carbonyl (C=O) groups is 1. The van der Waals surface area contributed by atoms with Gasteiger partial charge in [0, 0.05) is 6.04 Å². The first-order valence-electron chi connectivity index (χ1n) is 10.3. The number of nitrogens with two attached hydrogens (primary N) is 1. The number of carboxylic acids is 1. The quantitative estimate of drug-likeness (QED) is 0.257. The van der Waals surface area contributed by atoms with E-state index in [1.807, 2.05) is 0 Å². The summed E-state index contributed by atoms with van der Waals surface area (Å²) in [5.74, 6) is -1.17. The van der Waals surface area contributed by atoms with Crippen molar-refractivity contribution in [3.8, 4) is 0 Å². The SMILES string of the molecule is N[C@](CCCCB(O)O)(C(=O)O)C1CC(NCCCc2ccc(C(F)(F)F)cc2)C1. The molecule has 0 amide bonds. The summed E-state index contributed by atoms with van der Waals surface area (Å²) >= 11 is 0. The number of benzene rings is 1. The summed E-state index contributed by atoms with van der Waals surface area (Å²) in [6.45, 7) is 0.692. The van der Waals surface area contributed by atoms with Gasteiger partial charge in [0.25, 0.3) is 0 Å². The number of unbranched alkanes of at least 4 members (excludes halogenated alkanes) is 1. The number of nitrogens with one attached hydrogen (secondary N) is 1. The van der Waals surface area contributed by atoms with Crippen molar-refractivity contribution in [2.45, 2.75) is 69.0 Å². The van der Waals surface area contributed by atoms with Crippen molar-refractivity contribution in [2.24, 2.45) is 11.7 Å². The molecule has 6 nitrogen and oxygen atoms in total. The van der Waals surface area contributed by atoms with Crippen LogP contribution >= 0.6 is 0 Å². The van der Waals surface area contributed by atoms with Crippen molar-refractivity contribution in [3.63, 3.8) is 0 Å². The molecule has 1 atom stereocenters. The maximum absolute atomic E-state index is 12.6. The van der Waals surface area contributed by atoms with Crippen molar-refractivity contribution < 1.29 is 33.1 Å². The zero-order valence-corrected chi connectivity index (χ0v) is 16.9. The largest absolute Gasteiger partial charge is 0.480 e. The monoisotopic (exact) mass is 430 g/mol. The highest BCUT2D eigenvalue weighted by atomic mass is 19.4. The first-order valence-corrected chi connectivity index (χ1v) is 10.3. The Morgan fingerprint density at radius 1 is 1.13 bits per heavy atom. The van der Waals surface area contributed by atoms with Crippen molar-refractivity contribution in [2.75, 3.05) is 6.54 Å². The van der Waals surface area contributed by atoms with Gasteiger partial charge in [0.15, 0.2) is 0 Å². The summed E-state index contributed by atoms with van der Waals surface area (Å²) in [7, 11) is -1.39. The van der Waals surface area contributed by atoms with E-state index in [-0.39, 0.29) is 18.3 Å². The fraction of sp³-hybridized carbons (Fsp3) is 0.650. The van der Waals surface area contributed by atoms with Crippen LogP contribution in [0.5, 0.6) is 0 Å². The van der Waals surface area contributed by atoms with E-state index in [4.69, 9.17) is 15.8 Å². The van der Waals surface area contributed by atoms with Crippen LogP contribution in [0.4, 0.5) is 13.2 Å². The molecule has 0 unspecified atom stereocenters.